The number of hydrogen-bond donors (Lipinski definition) is 2. The molecule has 0 saturated carbocycles. The lowest BCUT2D eigenvalue weighted by molar-refractivity contribution is 0.0695. The van der Waals surface area contributed by atoms with Gasteiger partial charge in [0.15, 0.2) is 0 Å². The molecule has 4 aromatic carbocycles. The number of carboxylic acid groups (broad SMARTS) is 1. The normalized spacial score (nSPS) is 12.0. The number of aryl methyl sites for hydroxylation is 1. The molecule has 5 aromatic rings. The van der Waals surface area contributed by atoms with Crippen molar-refractivity contribution in [3.8, 4) is 0 Å². The van der Waals surface area contributed by atoms with Gasteiger partial charge in [0.1, 0.15) is 5.82 Å². The minimum absolute atomic E-state index is 0.233. The molecule has 1 aromatic heterocycles. The van der Waals surface area contributed by atoms with Crippen LogP contribution in [0.4, 0.5) is 4.39 Å². The number of carbonyl (C=O) groups is 2. The van der Waals surface area contributed by atoms with Gasteiger partial charge in [-0.2, -0.15) is 0 Å². The molecule has 41 heavy (non-hydrogen) atoms. The van der Waals surface area contributed by atoms with Crippen LogP contribution in [0.5, 0.6) is 0 Å². The molecule has 0 aliphatic heterocycles. The van der Waals surface area contributed by atoms with Gasteiger partial charge in [-0.25, -0.2) is 14.2 Å². The van der Waals surface area contributed by atoms with Crippen LogP contribution < -0.4 is 5.32 Å². The standard InChI is InChI=1S/C34H26ClFN2O3/c35-27-14-9-24-12-18-29(37-32(24)21-27)17-8-22-4-3-6-26(20-22)31(38-33(39)25-10-15-28(36)16-11-25)19-13-23-5-1-2-7-30(23)34(40)41/h1-12,14-18,20-21,31H,13,19H2,(H,38,39)(H,40,41)/b17-8+. The Balaban J connectivity index is 1.41. The summed E-state index contributed by atoms with van der Waals surface area (Å²) in [6, 6.07) is 29.0. The van der Waals surface area contributed by atoms with Gasteiger partial charge in [0.05, 0.1) is 22.8 Å². The van der Waals surface area contributed by atoms with Crippen molar-refractivity contribution >= 4 is 46.5 Å². The number of carbonyl (C=O) groups excluding carboxylic acids is 1. The van der Waals surface area contributed by atoms with E-state index in [2.05, 4.69) is 10.3 Å². The van der Waals surface area contributed by atoms with Gasteiger partial charge in [-0.15, -0.1) is 0 Å². The van der Waals surface area contributed by atoms with Gasteiger partial charge in [-0.3, -0.25) is 4.79 Å². The van der Waals surface area contributed by atoms with Gasteiger partial charge < -0.3 is 10.4 Å². The van der Waals surface area contributed by atoms with Gasteiger partial charge >= 0.3 is 5.97 Å². The van der Waals surface area contributed by atoms with E-state index >= 15 is 0 Å². The van der Waals surface area contributed by atoms with Crippen LogP contribution in [0.25, 0.3) is 23.1 Å². The maximum atomic E-state index is 13.4. The fourth-order valence-electron chi connectivity index (χ4n) is 4.67. The quantitative estimate of drug-likeness (QED) is 0.190. The maximum Gasteiger partial charge on any atom is 0.335 e. The van der Waals surface area contributed by atoms with Crippen molar-refractivity contribution in [2.24, 2.45) is 0 Å². The molecule has 0 aliphatic rings. The lowest BCUT2D eigenvalue weighted by Crippen LogP contribution is -2.29. The summed E-state index contributed by atoms with van der Waals surface area (Å²) in [4.78, 5) is 29.5. The Labute approximate surface area is 242 Å². The van der Waals surface area contributed by atoms with Crippen LogP contribution in [-0.2, 0) is 6.42 Å². The Morgan fingerprint density at radius 3 is 2.49 bits per heavy atom. The minimum Gasteiger partial charge on any atom is -0.478 e. The summed E-state index contributed by atoms with van der Waals surface area (Å²) in [5.41, 5.74) is 4.59. The third-order valence-corrected chi connectivity index (χ3v) is 7.03. The molecule has 1 atom stereocenters. The number of amides is 1. The second kappa shape index (κ2) is 12.6. The summed E-state index contributed by atoms with van der Waals surface area (Å²) in [5, 5.41) is 14.3. The molecule has 1 amide bonds. The van der Waals surface area contributed by atoms with Gasteiger partial charge in [0.25, 0.3) is 5.91 Å². The molecule has 0 aliphatic carbocycles. The molecule has 0 fully saturated rings. The first kappa shape index (κ1) is 27.7. The van der Waals surface area contributed by atoms with E-state index in [9.17, 15) is 19.1 Å². The van der Waals surface area contributed by atoms with E-state index in [0.29, 0.717) is 29.0 Å². The maximum absolute atomic E-state index is 13.4. The molecular formula is C34H26ClFN2O3. The number of nitrogens with one attached hydrogen (secondary N) is 1. The average Bonchev–Trinajstić information content (AvgIpc) is 2.98. The predicted molar refractivity (Wildman–Crippen MR) is 160 cm³/mol. The Morgan fingerprint density at radius 2 is 1.68 bits per heavy atom. The number of pyridine rings is 1. The summed E-state index contributed by atoms with van der Waals surface area (Å²) in [6.45, 7) is 0. The fraction of sp³-hybridized carbons (Fsp3) is 0.0882. The zero-order chi connectivity index (χ0) is 28.8. The molecule has 2 N–H and O–H groups in total. The molecule has 1 unspecified atom stereocenters. The molecule has 7 heteroatoms. The number of aromatic nitrogens is 1. The molecule has 204 valence electrons. The molecule has 0 bridgehead atoms. The van der Waals surface area contributed by atoms with Crippen LogP contribution in [0.15, 0.2) is 103 Å². The highest BCUT2D eigenvalue weighted by atomic mass is 35.5. The summed E-state index contributed by atoms with van der Waals surface area (Å²) in [6.07, 6.45) is 4.74. The van der Waals surface area contributed by atoms with E-state index in [-0.39, 0.29) is 11.5 Å². The van der Waals surface area contributed by atoms with Crippen molar-refractivity contribution in [1.82, 2.24) is 10.3 Å². The second-order valence-corrected chi connectivity index (χ2v) is 10.0. The highest BCUT2D eigenvalue weighted by molar-refractivity contribution is 6.31. The summed E-state index contributed by atoms with van der Waals surface area (Å²) >= 11 is 6.13. The summed E-state index contributed by atoms with van der Waals surface area (Å²) in [5.74, 6) is -1.77. The van der Waals surface area contributed by atoms with Gasteiger partial charge in [-0.1, -0.05) is 66.2 Å². The topological polar surface area (TPSA) is 79.3 Å². The van der Waals surface area contributed by atoms with Crippen molar-refractivity contribution in [1.29, 1.82) is 0 Å². The highest BCUT2D eigenvalue weighted by Crippen LogP contribution is 2.24. The molecular weight excluding hydrogens is 539 g/mol. The third-order valence-electron chi connectivity index (χ3n) is 6.80. The van der Waals surface area contributed by atoms with Crippen molar-refractivity contribution < 1.29 is 19.1 Å². The zero-order valence-corrected chi connectivity index (χ0v) is 22.7. The Bertz CT molecular complexity index is 1750. The largest absolute Gasteiger partial charge is 0.478 e. The smallest absolute Gasteiger partial charge is 0.335 e. The first-order chi connectivity index (χ1) is 19.9. The van der Waals surface area contributed by atoms with E-state index in [0.717, 1.165) is 27.7 Å². The number of fused-ring (bicyclic) bond motifs is 1. The Kier molecular flexibility index (Phi) is 8.51. The summed E-state index contributed by atoms with van der Waals surface area (Å²) in [7, 11) is 0. The number of aromatic carboxylic acids is 1. The lowest BCUT2D eigenvalue weighted by atomic mass is 9.95. The van der Waals surface area contributed by atoms with Gasteiger partial charge in [0, 0.05) is 16.0 Å². The van der Waals surface area contributed by atoms with Crippen molar-refractivity contribution in [3.05, 3.63) is 147 Å². The number of nitrogens with zero attached hydrogens (tertiary/aromatic N) is 1. The third kappa shape index (κ3) is 7.04. The monoisotopic (exact) mass is 564 g/mol. The molecule has 0 spiro atoms. The van der Waals surface area contributed by atoms with Crippen LogP contribution in [0.1, 0.15) is 55.6 Å². The van der Waals surface area contributed by atoms with Crippen molar-refractivity contribution in [3.63, 3.8) is 0 Å². The number of hydrogen-bond acceptors (Lipinski definition) is 3. The Hall–Kier alpha value is -4.81. The Morgan fingerprint density at radius 1 is 0.902 bits per heavy atom. The minimum atomic E-state index is -0.996. The van der Waals surface area contributed by atoms with Crippen LogP contribution in [0.2, 0.25) is 5.02 Å². The van der Waals surface area contributed by atoms with Crippen LogP contribution >= 0.6 is 11.6 Å². The number of benzene rings is 4. The molecule has 0 radical (unpaired) electrons. The fourth-order valence-corrected chi connectivity index (χ4v) is 4.84. The van der Waals surface area contributed by atoms with Crippen LogP contribution in [-0.4, -0.2) is 22.0 Å². The molecule has 5 nitrogen and oxygen atoms in total. The van der Waals surface area contributed by atoms with Crippen LogP contribution in [0.3, 0.4) is 0 Å². The van der Waals surface area contributed by atoms with Gasteiger partial charge in [-0.05, 0) is 90.2 Å². The van der Waals surface area contributed by atoms with E-state index in [1.807, 2.05) is 66.7 Å². The van der Waals surface area contributed by atoms with Gasteiger partial charge in [0.2, 0.25) is 0 Å². The number of carboxylic acids is 1. The summed E-state index contributed by atoms with van der Waals surface area (Å²) < 4.78 is 13.4. The highest BCUT2D eigenvalue weighted by Gasteiger charge is 2.18. The molecule has 1 heterocycles. The van der Waals surface area contributed by atoms with Crippen molar-refractivity contribution in [2.45, 2.75) is 18.9 Å². The first-order valence-electron chi connectivity index (χ1n) is 13.1. The van der Waals surface area contributed by atoms with Crippen LogP contribution in [0, 0.1) is 5.82 Å². The SMILES string of the molecule is O=C(NC(CCc1ccccc1C(=O)O)c1cccc(/C=C/c2ccc3ccc(Cl)cc3n2)c1)c1ccc(F)cc1. The number of rotatable bonds is 9. The van der Waals surface area contributed by atoms with Crippen molar-refractivity contribution in [2.75, 3.05) is 0 Å². The predicted octanol–water partition coefficient (Wildman–Crippen LogP) is 8.00. The average molecular weight is 565 g/mol. The first-order valence-corrected chi connectivity index (χ1v) is 13.5. The zero-order valence-electron chi connectivity index (χ0n) is 21.9. The second-order valence-electron chi connectivity index (χ2n) is 9.61. The molecule has 5 rings (SSSR count). The molecule has 0 saturated heterocycles. The lowest BCUT2D eigenvalue weighted by Gasteiger charge is -2.20. The van der Waals surface area contributed by atoms with E-state index in [1.54, 1.807) is 24.3 Å². The van der Waals surface area contributed by atoms with E-state index in [1.165, 1.54) is 24.3 Å². The van der Waals surface area contributed by atoms with E-state index < -0.39 is 17.8 Å². The number of halogens is 2. The van der Waals surface area contributed by atoms with E-state index in [4.69, 9.17) is 11.6 Å².